The van der Waals surface area contributed by atoms with Gasteiger partial charge in [-0.15, -0.1) is 0 Å². The van der Waals surface area contributed by atoms with E-state index in [0.29, 0.717) is 17.4 Å². The van der Waals surface area contributed by atoms with Crippen LogP contribution in [0, 0.1) is 5.92 Å². The molecule has 1 aromatic rings. The van der Waals surface area contributed by atoms with Crippen LogP contribution in [0.5, 0.6) is 11.5 Å². The number of hydrogen-bond acceptors (Lipinski definition) is 3. The first-order valence-corrected chi connectivity index (χ1v) is 8.32. The Bertz CT molecular complexity index is 511. The Hall–Kier alpha value is -1.97. The lowest BCUT2D eigenvalue weighted by Crippen LogP contribution is -2.27. The second-order valence-corrected chi connectivity index (χ2v) is 5.61. The Labute approximate surface area is 139 Å². The summed E-state index contributed by atoms with van der Waals surface area (Å²) < 4.78 is 10.5. The van der Waals surface area contributed by atoms with Crippen molar-refractivity contribution in [1.29, 1.82) is 0 Å². The molecule has 4 heteroatoms. The molecule has 0 fully saturated rings. The summed E-state index contributed by atoms with van der Waals surface area (Å²) in [6.45, 7) is 5.11. The van der Waals surface area contributed by atoms with Gasteiger partial charge in [-0.05, 0) is 36.1 Å². The molecule has 0 saturated heterocycles. The Kier molecular flexibility index (Phi) is 8.88. The maximum absolute atomic E-state index is 11.9. The van der Waals surface area contributed by atoms with Gasteiger partial charge in [0.2, 0.25) is 5.91 Å². The van der Waals surface area contributed by atoms with Crippen LogP contribution in [-0.4, -0.2) is 26.7 Å². The number of amides is 1. The van der Waals surface area contributed by atoms with Gasteiger partial charge in [0.05, 0.1) is 14.2 Å². The second kappa shape index (κ2) is 10.7. The van der Waals surface area contributed by atoms with Gasteiger partial charge in [-0.1, -0.05) is 39.2 Å². The highest BCUT2D eigenvalue weighted by molar-refractivity contribution is 5.91. The molecule has 0 spiro atoms. The van der Waals surface area contributed by atoms with Crippen LogP contribution in [0.4, 0.5) is 0 Å². The number of methoxy groups -OCH3 is 2. The van der Waals surface area contributed by atoms with Crippen LogP contribution in [0.15, 0.2) is 24.3 Å². The van der Waals surface area contributed by atoms with Crippen molar-refractivity contribution >= 4 is 12.0 Å². The molecule has 23 heavy (non-hydrogen) atoms. The average molecular weight is 319 g/mol. The zero-order chi connectivity index (χ0) is 17.1. The Morgan fingerprint density at radius 2 is 1.96 bits per heavy atom. The fraction of sp³-hybridized carbons (Fsp3) is 0.526. The summed E-state index contributed by atoms with van der Waals surface area (Å²) >= 11 is 0. The number of hydrogen-bond donors (Lipinski definition) is 1. The highest BCUT2D eigenvalue weighted by atomic mass is 16.5. The van der Waals surface area contributed by atoms with Crippen molar-refractivity contribution in [3.05, 3.63) is 29.8 Å². The molecule has 4 nitrogen and oxygen atoms in total. The predicted molar refractivity (Wildman–Crippen MR) is 94.9 cm³/mol. The van der Waals surface area contributed by atoms with Crippen LogP contribution in [-0.2, 0) is 4.79 Å². The molecule has 1 atom stereocenters. The monoisotopic (exact) mass is 319 g/mol. The van der Waals surface area contributed by atoms with Gasteiger partial charge >= 0.3 is 0 Å². The van der Waals surface area contributed by atoms with E-state index in [1.54, 1.807) is 26.4 Å². The van der Waals surface area contributed by atoms with Gasteiger partial charge in [0.25, 0.3) is 0 Å². The fourth-order valence-corrected chi connectivity index (χ4v) is 2.38. The molecule has 1 N–H and O–H groups in total. The van der Waals surface area contributed by atoms with E-state index in [1.165, 1.54) is 19.3 Å². The lowest BCUT2D eigenvalue weighted by Gasteiger charge is -2.14. The molecule has 0 radical (unpaired) electrons. The van der Waals surface area contributed by atoms with Gasteiger partial charge in [-0.2, -0.15) is 0 Å². The van der Waals surface area contributed by atoms with Crippen molar-refractivity contribution in [3.63, 3.8) is 0 Å². The van der Waals surface area contributed by atoms with Crippen molar-refractivity contribution in [1.82, 2.24) is 5.32 Å². The van der Waals surface area contributed by atoms with Crippen LogP contribution in [0.1, 0.15) is 45.1 Å². The van der Waals surface area contributed by atoms with E-state index in [0.717, 1.165) is 18.5 Å². The number of rotatable bonds is 10. The van der Waals surface area contributed by atoms with Gasteiger partial charge in [-0.25, -0.2) is 0 Å². The predicted octanol–water partition coefficient (Wildman–Crippen LogP) is 4.05. The topological polar surface area (TPSA) is 47.6 Å². The molecular formula is C19H29NO3. The van der Waals surface area contributed by atoms with Gasteiger partial charge in [0.15, 0.2) is 11.5 Å². The highest BCUT2D eigenvalue weighted by Gasteiger charge is 2.07. The number of unbranched alkanes of at least 4 members (excludes halogenated alkanes) is 1. The van der Waals surface area contributed by atoms with E-state index in [-0.39, 0.29) is 5.91 Å². The molecule has 1 unspecified atom stereocenters. The van der Waals surface area contributed by atoms with E-state index in [4.69, 9.17) is 9.47 Å². The van der Waals surface area contributed by atoms with Crippen LogP contribution in [0.25, 0.3) is 6.08 Å². The minimum atomic E-state index is -0.0604. The lowest BCUT2D eigenvalue weighted by molar-refractivity contribution is -0.116. The molecule has 0 heterocycles. The van der Waals surface area contributed by atoms with Gasteiger partial charge in [0.1, 0.15) is 0 Å². The van der Waals surface area contributed by atoms with Crippen molar-refractivity contribution in [2.24, 2.45) is 5.92 Å². The summed E-state index contributed by atoms with van der Waals surface area (Å²) in [4.78, 5) is 11.9. The van der Waals surface area contributed by atoms with E-state index >= 15 is 0 Å². The van der Waals surface area contributed by atoms with E-state index in [2.05, 4.69) is 19.2 Å². The minimum Gasteiger partial charge on any atom is -0.493 e. The van der Waals surface area contributed by atoms with E-state index in [1.807, 2.05) is 18.2 Å². The summed E-state index contributed by atoms with van der Waals surface area (Å²) in [6, 6.07) is 5.56. The van der Waals surface area contributed by atoms with E-state index < -0.39 is 0 Å². The van der Waals surface area contributed by atoms with Crippen molar-refractivity contribution in [3.8, 4) is 11.5 Å². The third-order valence-electron chi connectivity index (χ3n) is 3.94. The average Bonchev–Trinajstić information content (AvgIpc) is 2.59. The standard InChI is InChI=1S/C19H29NO3/c1-5-7-8-15(6-2)14-20-19(21)12-10-16-9-11-17(22-3)18(13-16)23-4/h9-13,15H,5-8,14H2,1-4H3,(H,20,21). The third kappa shape index (κ3) is 6.76. The molecular weight excluding hydrogens is 290 g/mol. The van der Waals surface area contributed by atoms with Crippen LogP contribution < -0.4 is 14.8 Å². The zero-order valence-corrected chi connectivity index (χ0v) is 14.7. The Morgan fingerprint density at radius 3 is 2.57 bits per heavy atom. The molecule has 0 aliphatic rings. The molecule has 1 aromatic carbocycles. The summed E-state index contributed by atoms with van der Waals surface area (Å²) in [7, 11) is 3.20. The molecule has 0 aliphatic carbocycles. The second-order valence-electron chi connectivity index (χ2n) is 5.61. The summed E-state index contributed by atoms with van der Waals surface area (Å²) in [5.41, 5.74) is 0.899. The quantitative estimate of drug-likeness (QED) is 0.662. The maximum Gasteiger partial charge on any atom is 0.244 e. The first kappa shape index (κ1) is 19.1. The Balaban J connectivity index is 2.54. The SMILES string of the molecule is CCCCC(CC)CNC(=O)C=Cc1ccc(OC)c(OC)c1. The maximum atomic E-state index is 11.9. The fourth-order valence-electron chi connectivity index (χ4n) is 2.38. The smallest absolute Gasteiger partial charge is 0.244 e. The first-order valence-electron chi connectivity index (χ1n) is 8.32. The van der Waals surface area contributed by atoms with Crippen LogP contribution >= 0.6 is 0 Å². The number of benzene rings is 1. The number of nitrogens with one attached hydrogen (secondary N) is 1. The molecule has 0 saturated carbocycles. The summed E-state index contributed by atoms with van der Waals surface area (Å²) in [5.74, 6) is 1.83. The molecule has 128 valence electrons. The minimum absolute atomic E-state index is 0.0604. The molecule has 0 bridgehead atoms. The number of carbonyl (C=O) groups is 1. The van der Waals surface area contributed by atoms with Crippen LogP contribution in [0.2, 0.25) is 0 Å². The molecule has 0 aliphatic heterocycles. The zero-order valence-electron chi connectivity index (χ0n) is 14.7. The van der Waals surface area contributed by atoms with Gasteiger partial charge in [0, 0.05) is 12.6 Å². The lowest BCUT2D eigenvalue weighted by atomic mass is 9.99. The van der Waals surface area contributed by atoms with Crippen molar-refractivity contribution < 1.29 is 14.3 Å². The van der Waals surface area contributed by atoms with Crippen molar-refractivity contribution in [2.75, 3.05) is 20.8 Å². The Morgan fingerprint density at radius 1 is 1.22 bits per heavy atom. The molecule has 1 amide bonds. The number of ether oxygens (including phenoxy) is 2. The van der Waals surface area contributed by atoms with Gasteiger partial charge in [-0.3, -0.25) is 4.79 Å². The highest BCUT2D eigenvalue weighted by Crippen LogP contribution is 2.27. The summed E-state index contributed by atoms with van der Waals surface area (Å²) in [5, 5.41) is 2.98. The summed E-state index contributed by atoms with van der Waals surface area (Å²) in [6.07, 6.45) is 8.03. The normalized spacial score (nSPS) is 12.2. The van der Waals surface area contributed by atoms with Crippen molar-refractivity contribution in [2.45, 2.75) is 39.5 Å². The van der Waals surface area contributed by atoms with E-state index in [9.17, 15) is 4.79 Å². The molecule has 0 aromatic heterocycles. The number of carbonyl (C=O) groups excluding carboxylic acids is 1. The van der Waals surface area contributed by atoms with Crippen LogP contribution in [0.3, 0.4) is 0 Å². The first-order chi connectivity index (χ1) is 11.1. The molecule has 1 rings (SSSR count). The van der Waals surface area contributed by atoms with Gasteiger partial charge < -0.3 is 14.8 Å². The third-order valence-corrected chi connectivity index (χ3v) is 3.94. The largest absolute Gasteiger partial charge is 0.493 e.